The summed E-state index contributed by atoms with van der Waals surface area (Å²) in [5, 5.41) is 8.44. The summed E-state index contributed by atoms with van der Waals surface area (Å²) in [5.41, 5.74) is 0. The Morgan fingerprint density at radius 1 is 0.750 bits per heavy atom. The van der Waals surface area contributed by atoms with E-state index in [0.29, 0.717) is 6.42 Å². The fraction of sp³-hybridized carbons (Fsp3) is 0.722. The van der Waals surface area contributed by atoms with E-state index in [1.165, 1.54) is 38.5 Å². The molecule has 0 aromatic heterocycles. The Bertz CT molecular complexity index is 349. The summed E-state index contributed by atoms with van der Waals surface area (Å²) in [6, 6.07) is 0. The molecule has 0 unspecified atom stereocenters. The molecule has 112 valence electrons. The fourth-order valence-electron chi connectivity index (χ4n) is 1.87. The summed E-state index contributed by atoms with van der Waals surface area (Å²) >= 11 is 0. The first-order chi connectivity index (χ1) is 9.77. The van der Waals surface area contributed by atoms with Gasteiger partial charge < -0.3 is 5.11 Å². The number of carboxylic acid groups (broad SMARTS) is 1. The predicted molar refractivity (Wildman–Crippen MR) is 84.3 cm³/mol. The van der Waals surface area contributed by atoms with E-state index in [-0.39, 0.29) is 6.42 Å². The van der Waals surface area contributed by atoms with E-state index in [0.717, 1.165) is 25.7 Å². The van der Waals surface area contributed by atoms with Crippen molar-refractivity contribution < 1.29 is 9.90 Å². The fourth-order valence-corrected chi connectivity index (χ4v) is 1.87. The number of rotatable bonds is 10. The summed E-state index contributed by atoms with van der Waals surface area (Å²) < 4.78 is 0. The minimum absolute atomic E-state index is 0.162. The van der Waals surface area contributed by atoms with Crippen LogP contribution in [0, 0.1) is 23.7 Å². The Labute approximate surface area is 124 Å². The molecule has 0 aliphatic carbocycles. The van der Waals surface area contributed by atoms with Crippen molar-refractivity contribution in [2.24, 2.45) is 0 Å². The molecular formula is C18H28O2. The Morgan fingerprint density at radius 2 is 1.20 bits per heavy atom. The van der Waals surface area contributed by atoms with Gasteiger partial charge in [-0.2, -0.15) is 0 Å². The van der Waals surface area contributed by atoms with Gasteiger partial charge in [-0.1, -0.05) is 39.0 Å². The van der Waals surface area contributed by atoms with E-state index in [4.69, 9.17) is 5.11 Å². The standard InChI is InChI=1S/C18H28O2/c1-2-3-4-5-6-7-8-9-10-11-12-13-14-15-16-17-18(19)20/h2,5-13,16-17H2,1H3,(H,19,20). The summed E-state index contributed by atoms with van der Waals surface area (Å²) in [6.45, 7) is 2.09. The maximum Gasteiger partial charge on any atom is 0.304 e. The molecule has 1 N–H and O–H groups in total. The van der Waals surface area contributed by atoms with Gasteiger partial charge in [0.15, 0.2) is 0 Å². The Morgan fingerprint density at radius 3 is 1.70 bits per heavy atom. The number of unbranched alkanes of at least 4 members (excludes halogenated alkanes) is 8. The van der Waals surface area contributed by atoms with Crippen LogP contribution in [0.5, 0.6) is 0 Å². The highest BCUT2D eigenvalue weighted by Gasteiger charge is 1.92. The second-order valence-corrected chi connectivity index (χ2v) is 4.93. The van der Waals surface area contributed by atoms with Crippen LogP contribution in [0.25, 0.3) is 0 Å². The van der Waals surface area contributed by atoms with Gasteiger partial charge in [0, 0.05) is 25.7 Å². The molecule has 0 aliphatic heterocycles. The van der Waals surface area contributed by atoms with Gasteiger partial charge in [-0.05, 0) is 12.8 Å². The predicted octanol–water partition coefficient (Wildman–Crippen LogP) is 4.78. The van der Waals surface area contributed by atoms with E-state index < -0.39 is 5.97 Å². The summed E-state index contributed by atoms with van der Waals surface area (Å²) in [5.74, 6) is 11.5. The normalized spacial score (nSPS) is 9.25. The summed E-state index contributed by atoms with van der Waals surface area (Å²) in [6.07, 6.45) is 12.4. The molecule has 0 saturated carbocycles. The van der Waals surface area contributed by atoms with Crippen LogP contribution in [0.1, 0.15) is 84.0 Å². The van der Waals surface area contributed by atoms with Gasteiger partial charge in [-0.15, -0.1) is 23.7 Å². The molecule has 0 bridgehead atoms. The maximum atomic E-state index is 10.3. The molecule has 0 rings (SSSR count). The van der Waals surface area contributed by atoms with Crippen LogP contribution in [-0.2, 0) is 4.79 Å². The van der Waals surface area contributed by atoms with Crippen molar-refractivity contribution in [3.05, 3.63) is 0 Å². The van der Waals surface area contributed by atoms with Crippen LogP contribution in [0.3, 0.4) is 0 Å². The van der Waals surface area contributed by atoms with Gasteiger partial charge in [0.1, 0.15) is 0 Å². The van der Waals surface area contributed by atoms with Crippen LogP contribution in [-0.4, -0.2) is 11.1 Å². The third kappa shape index (κ3) is 16.6. The number of hydrogen-bond acceptors (Lipinski definition) is 1. The smallest absolute Gasteiger partial charge is 0.304 e. The van der Waals surface area contributed by atoms with Crippen molar-refractivity contribution in [1.29, 1.82) is 0 Å². The molecule has 0 amide bonds. The molecule has 0 radical (unpaired) electrons. The molecule has 0 saturated heterocycles. The molecular weight excluding hydrogens is 248 g/mol. The minimum Gasteiger partial charge on any atom is -0.481 e. The third-order valence-corrected chi connectivity index (χ3v) is 2.99. The van der Waals surface area contributed by atoms with Crippen molar-refractivity contribution in [3.8, 4) is 23.7 Å². The van der Waals surface area contributed by atoms with E-state index in [9.17, 15) is 4.79 Å². The van der Waals surface area contributed by atoms with E-state index >= 15 is 0 Å². The SMILES string of the molecule is CCC#CCCCCCCCCCC#CCCC(=O)O. The number of carbonyl (C=O) groups is 1. The molecule has 0 aromatic rings. The zero-order chi connectivity index (χ0) is 14.9. The zero-order valence-electron chi connectivity index (χ0n) is 12.8. The number of carboxylic acids is 1. The molecule has 0 heterocycles. The Kier molecular flexibility index (Phi) is 14.5. The third-order valence-electron chi connectivity index (χ3n) is 2.99. The second-order valence-electron chi connectivity index (χ2n) is 4.93. The lowest BCUT2D eigenvalue weighted by Gasteiger charge is -1.99. The van der Waals surface area contributed by atoms with Crippen molar-refractivity contribution in [2.75, 3.05) is 0 Å². The molecule has 0 atom stereocenters. The molecule has 0 aliphatic rings. The first kappa shape index (κ1) is 18.6. The lowest BCUT2D eigenvalue weighted by Crippen LogP contribution is -1.91. The van der Waals surface area contributed by atoms with Crippen LogP contribution >= 0.6 is 0 Å². The van der Waals surface area contributed by atoms with Gasteiger partial charge >= 0.3 is 5.97 Å². The average Bonchev–Trinajstić information content (AvgIpc) is 2.43. The van der Waals surface area contributed by atoms with E-state index in [2.05, 4.69) is 30.6 Å². The molecule has 0 spiro atoms. The van der Waals surface area contributed by atoms with Crippen LogP contribution in [0.15, 0.2) is 0 Å². The highest BCUT2D eigenvalue weighted by atomic mass is 16.4. The van der Waals surface area contributed by atoms with Gasteiger partial charge in [0.2, 0.25) is 0 Å². The quantitative estimate of drug-likeness (QED) is 0.460. The van der Waals surface area contributed by atoms with Crippen LogP contribution in [0.4, 0.5) is 0 Å². The summed E-state index contributed by atoms with van der Waals surface area (Å²) in [4.78, 5) is 10.3. The van der Waals surface area contributed by atoms with Crippen molar-refractivity contribution >= 4 is 5.97 Å². The molecule has 0 aromatic carbocycles. The Balaban J connectivity index is 3.15. The van der Waals surface area contributed by atoms with Crippen molar-refractivity contribution in [1.82, 2.24) is 0 Å². The largest absolute Gasteiger partial charge is 0.481 e. The van der Waals surface area contributed by atoms with Crippen molar-refractivity contribution in [2.45, 2.75) is 84.0 Å². The monoisotopic (exact) mass is 276 g/mol. The highest BCUT2D eigenvalue weighted by Crippen LogP contribution is 2.09. The zero-order valence-corrected chi connectivity index (χ0v) is 12.8. The lowest BCUT2D eigenvalue weighted by molar-refractivity contribution is -0.136. The number of aliphatic carboxylic acids is 1. The average molecular weight is 276 g/mol. The highest BCUT2D eigenvalue weighted by molar-refractivity contribution is 5.66. The van der Waals surface area contributed by atoms with E-state index in [1.807, 2.05) is 0 Å². The molecule has 0 fully saturated rings. The van der Waals surface area contributed by atoms with E-state index in [1.54, 1.807) is 0 Å². The minimum atomic E-state index is -0.764. The van der Waals surface area contributed by atoms with Gasteiger partial charge in [0.25, 0.3) is 0 Å². The van der Waals surface area contributed by atoms with Crippen LogP contribution < -0.4 is 0 Å². The maximum absolute atomic E-state index is 10.3. The topological polar surface area (TPSA) is 37.3 Å². The Hall–Kier alpha value is -1.41. The molecule has 2 nitrogen and oxygen atoms in total. The molecule has 2 heteroatoms. The van der Waals surface area contributed by atoms with Gasteiger partial charge in [0.05, 0.1) is 6.42 Å². The van der Waals surface area contributed by atoms with Crippen LogP contribution in [0.2, 0.25) is 0 Å². The second kappa shape index (κ2) is 15.6. The first-order valence-electron chi connectivity index (χ1n) is 7.90. The van der Waals surface area contributed by atoms with Gasteiger partial charge in [-0.25, -0.2) is 0 Å². The first-order valence-corrected chi connectivity index (χ1v) is 7.90. The van der Waals surface area contributed by atoms with Crippen molar-refractivity contribution in [3.63, 3.8) is 0 Å². The molecule has 20 heavy (non-hydrogen) atoms. The number of hydrogen-bond donors (Lipinski definition) is 1. The lowest BCUT2D eigenvalue weighted by atomic mass is 10.1. The summed E-state index contributed by atoms with van der Waals surface area (Å²) in [7, 11) is 0. The van der Waals surface area contributed by atoms with Gasteiger partial charge in [-0.3, -0.25) is 4.79 Å².